The van der Waals surface area contributed by atoms with Gasteiger partial charge in [-0.1, -0.05) is 49.4 Å². The second-order valence-corrected chi connectivity index (χ2v) is 5.64. The van der Waals surface area contributed by atoms with E-state index in [-0.39, 0.29) is 5.56 Å². The number of fused-ring (bicyclic) bond motifs is 2. The summed E-state index contributed by atoms with van der Waals surface area (Å²) in [7, 11) is 0. The summed E-state index contributed by atoms with van der Waals surface area (Å²) < 4.78 is 5.83. The second kappa shape index (κ2) is 5.39. The minimum absolute atomic E-state index is 0.140. The average molecular weight is 304 g/mol. The van der Waals surface area contributed by atoms with Crippen LogP contribution >= 0.6 is 0 Å². The van der Waals surface area contributed by atoms with E-state index in [1.54, 1.807) is 0 Å². The highest BCUT2D eigenvalue weighted by Crippen LogP contribution is 2.33. The quantitative estimate of drug-likeness (QED) is 0.614. The SMILES string of the molecule is CCc1ccc(-c2nc3c(c(=O)[nH]2)Cc2ccccc2O3)cc1. The number of ether oxygens (including phenoxy) is 1. The monoisotopic (exact) mass is 304 g/mol. The zero-order chi connectivity index (χ0) is 15.8. The number of nitrogens with zero attached hydrogens (tertiary/aromatic N) is 1. The Labute approximate surface area is 133 Å². The molecule has 0 saturated carbocycles. The summed E-state index contributed by atoms with van der Waals surface area (Å²) in [5.74, 6) is 1.71. The van der Waals surface area contributed by atoms with E-state index in [9.17, 15) is 4.79 Å². The standard InChI is InChI=1S/C19H16N2O2/c1-2-12-7-9-13(10-8-12)17-20-18(22)15-11-14-5-3-4-6-16(14)23-19(15)21-17/h3-10H,2,11H2,1H3,(H,20,21,22). The number of nitrogens with one attached hydrogen (secondary N) is 1. The normalized spacial score (nSPS) is 12.2. The van der Waals surface area contributed by atoms with Crippen LogP contribution in [-0.2, 0) is 12.8 Å². The number of aryl methyl sites for hydroxylation is 1. The number of H-pyrrole nitrogens is 1. The highest BCUT2D eigenvalue weighted by atomic mass is 16.5. The molecule has 1 aliphatic rings. The Kier molecular flexibility index (Phi) is 3.23. The van der Waals surface area contributed by atoms with Gasteiger partial charge < -0.3 is 9.72 Å². The van der Waals surface area contributed by atoms with Gasteiger partial charge in [0.05, 0.1) is 5.56 Å². The first-order valence-corrected chi connectivity index (χ1v) is 7.73. The van der Waals surface area contributed by atoms with Crippen LogP contribution in [0.2, 0.25) is 0 Å². The van der Waals surface area contributed by atoms with Crippen molar-refractivity contribution >= 4 is 0 Å². The molecule has 0 fully saturated rings. The molecule has 4 nitrogen and oxygen atoms in total. The summed E-state index contributed by atoms with van der Waals surface area (Å²) in [5.41, 5.74) is 3.58. The van der Waals surface area contributed by atoms with Crippen LogP contribution in [0.15, 0.2) is 53.3 Å². The minimum Gasteiger partial charge on any atom is -0.438 e. The molecule has 2 aromatic carbocycles. The van der Waals surface area contributed by atoms with Crippen LogP contribution in [0.25, 0.3) is 11.4 Å². The van der Waals surface area contributed by atoms with E-state index >= 15 is 0 Å². The van der Waals surface area contributed by atoms with Crippen molar-refractivity contribution in [2.45, 2.75) is 19.8 Å². The fourth-order valence-electron chi connectivity index (χ4n) is 2.80. The molecule has 0 spiro atoms. The molecule has 0 atom stereocenters. The molecule has 4 heteroatoms. The average Bonchev–Trinajstić information content (AvgIpc) is 2.60. The number of rotatable bonds is 2. The lowest BCUT2D eigenvalue weighted by Crippen LogP contribution is -2.20. The molecular weight excluding hydrogens is 288 g/mol. The molecule has 1 aliphatic heterocycles. The van der Waals surface area contributed by atoms with Gasteiger partial charge in [-0.2, -0.15) is 4.98 Å². The highest BCUT2D eigenvalue weighted by molar-refractivity contribution is 5.57. The van der Waals surface area contributed by atoms with Gasteiger partial charge in [-0.3, -0.25) is 4.79 Å². The molecule has 3 aromatic rings. The first-order valence-electron chi connectivity index (χ1n) is 7.73. The third kappa shape index (κ3) is 2.42. The number of benzene rings is 2. The van der Waals surface area contributed by atoms with Crippen LogP contribution < -0.4 is 10.3 Å². The van der Waals surface area contributed by atoms with Gasteiger partial charge in [0.15, 0.2) is 0 Å². The van der Waals surface area contributed by atoms with Gasteiger partial charge in [-0.05, 0) is 23.6 Å². The Morgan fingerprint density at radius 3 is 2.70 bits per heavy atom. The van der Waals surface area contributed by atoms with Crippen LogP contribution in [0.4, 0.5) is 0 Å². The van der Waals surface area contributed by atoms with Crippen molar-refractivity contribution in [3.8, 4) is 23.0 Å². The summed E-state index contributed by atoms with van der Waals surface area (Å²) in [6, 6.07) is 15.8. The third-order valence-corrected chi connectivity index (χ3v) is 4.16. The molecule has 0 saturated heterocycles. The number of para-hydroxylation sites is 1. The summed E-state index contributed by atoms with van der Waals surface area (Å²) in [4.78, 5) is 19.8. The lowest BCUT2D eigenvalue weighted by atomic mass is 10.0. The predicted octanol–water partition coefficient (Wildman–Crippen LogP) is 3.70. The number of hydrogen-bond donors (Lipinski definition) is 1. The molecule has 1 N–H and O–H groups in total. The van der Waals surface area contributed by atoms with E-state index < -0.39 is 0 Å². The summed E-state index contributed by atoms with van der Waals surface area (Å²) >= 11 is 0. The van der Waals surface area contributed by atoms with E-state index in [4.69, 9.17) is 4.74 Å². The molecule has 0 aliphatic carbocycles. The molecule has 23 heavy (non-hydrogen) atoms. The molecule has 1 aromatic heterocycles. The largest absolute Gasteiger partial charge is 0.438 e. The number of aromatic nitrogens is 2. The van der Waals surface area contributed by atoms with E-state index in [1.165, 1.54) is 5.56 Å². The van der Waals surface area contributed by atoms with Gasteiger partial charge in [0.1, 0.15) is 11.6 Å². The van der Waals surface area contributed by atoms with Crippen molar-refractivity contribution in [2.75, 3.05) is 0 Å². The van der Waals surface area contributed by atoms with Crippen LogP contribution in [0.3, 0.4) is 0 Å². The zero-order valence-corrected chi connectivity index (χ0v) is 12.8. The first-order chi connectivity index (χ1) is 11.2. The smallest absolute Gasteiger partial charge is 0.258 e. The minimum atomic E-state index is -0.140. The van der Waals surface area contributed by atoms with Gasteiger partial charge in [-0.15, -0.1) is 0 Å². The van der Waals surface area contributed by atoms with Crippen molar-refractivity contribution in [2.24, 2.45) is 0 Å². The molecule has 0 amide bonds. The fourth-order valence-corrected chi connectivity index (χ4v) is 2.80. The number of aromatic amines is 1. The van der Waals surface area contributed by atoms with Gasteiger partial charge in [0.25, 0.3) is 5.56 Å². The Morgan fingerprint density at radius 2 is 1.91 bits per heavy atom. The number of hydrogen-bond acceptors (Lipinski definition) is 3. The Morgan fingerprint density at radius 1 is 1.13 bits per heavy atom. The molecular formula is C19H16N2O2. The summed E-state index contributed by atoms with van der Waals surface area (Å²) in [5, 5.41) is 0. The maximum atomic E-state index is 12.4. The summed E-state index contributed by atoms with van der Waals surface area (Å²) in [6.45, 7) is 2.11. The molecule has 0 unspecified atom stereocenters. The van der Waals surface area contributed by atoms with Crippen LogP contribution in [-0.4, -0.2) is 9.97 Å². The summed E-state index contributed by atoms with van der Waals surface area (Å²) in [6.07, 6.45) is 1.53. The molecule has 2 heterocycles. The Hall–Kier alpha value is -2.88. The van der Waals surface area contributed by atoms with E-state index in [0.29, 0.717) is 23.7 Å². The Balaban J connectivity index is 1.78. The van der Waals surface area contributed by atoms with Crippen LogP contribution in [0, 0.1) is 0 Å². The van der Waals surface area contributed by atoms with Crippen LogP contribution in [0.5, 0.6) is 11.6 Å². The lowest BCUT2D eigenvalue weighted by Gasteiger charge is -2.18. The topological polar surface area (TPSA) is 55.0 Å². The van der Waals surface area contributed by atoms with Gasteiger partial charge in [-0.25, -0.2) is 0 Å². The maximum Gasteiger partial charge on any atom is 0.258 e. The zero-order valence-electron chi connectivity index (χ0n) is 12.8. The van der Waals surface area contributed by atoms with Crippen molar-refractivity contribution < 1.29 is 4.74 Å². The molecule has 4 rings (SSSR count). The fraction of sp³-hybridized carbons (Fsp3) is 0.158. The third-order valence-electron chi connectivity index (χ3n) is 4.16. The van der Waals surface area contributed by atoms with Gasteiger partial charge in [0, 0.05) is 12.0 Å². The molecule has 0 bridgehead atoms. The van der Waals surface area contributed by atoms with Crippen molar-refractivity contribution in [1.29, 1.82) is 0 Å². The van der Waals surface area contributed by atoms with Crippen LogP contribution in [0.1, 0.15) is 23.6 Å². The van der Waals surface area contributed by atoms with Crippen molar-refractivity contribution in [3.63, 3.8) is 0 Å². The van der Waals surface area contributed by atoms with E-state index in [0.717, 1.165) is 23.3 Å². The van der Waals surface area contributed by atoms with Crippen molar-refractivity contribution in [3.05, 3.63) is 75.6 Å². The Bertz CT molecular complexity index is 927. The van der Waals surface area contributed by atoms with Gasteiger partial charge in [0.2, 0.25) is 5.88 Å². The molecule has 114 valence electrons. The van der Waals surface area contributed by atoms with E-state index in [1.807, 2.05) is 48.5 Å². The molecule has 0 radical (unpaired) electrons. The van der Waals surface area contributed by atoms with E-state index in [2.05, 4.69) is 16.9 Å². The van der Waals surface area contributed by atoms with Crippen molar-refractivity contribution in [1.82, 2.24) is 9.97 Å². The maximum absolute atomic E-state index is 12.4. The predicted molar refractivity (Wildman–Crippen MR) is 89.0 cm³/mol. The first kappa shape index (κ1) is 13.8. The lowest BCUT2D eigenvalue weighted by molar-refractivity contribution is 0.438. The van der Waals surface area contributed by atoms with Gasteiger partial charge >= 0.3 is 0 Å². The second-order valence-electron chi connectivity index (χ2n) is 5.64. The highest BCUT2D eigenvalue weighted by Gasteiger charge is 2.21.